The number of carbonyl (C=O) groups is 2. The van der Waals surface area contributed by atoms with Crippen LogP contribution in [0.25, 0.3) is 0 Å². The molecule has 0 aromatic rings. The van der Waals surface area contributed by atoms with Gasteiger partial charge < -0.3 is 14.9 Å². The number of aliphatic hydroxyl groups excluding tert-OH is 1. The minimum Gasteiger partial charge on any atom is -0.481 e. The van der Waals surface area contributed by atoms with E-state index in [0.717, 1.165) is 25.7 Å². The Kier molecular flexibility index (Phi) is 15.7. The molecule has 148 valence electrons. The average molecular weight is 359 g/mol. The maximum absolute atomic E-state index is 11.8. The van der Waals surface area contributed by atoms with Crippen LogP contribution in [0.15, 0.2) is 0 Å². The first kappa shape index (κ1) is 23.9. The van der Waals surface area contributed by atoms with Crippen LogP contribution in [0.5, 0.6) is 0 Å². The Morgan fingerprint density at radius 1 is 0.800 bits per heavy atom. The van der Waals surface area contributed by atoms with E-state index in [-0.39, 0.29) is 12.8 Å². The van der Waals surface area contributed by atoms with Gasteiger partial charge in [-0.25, -0.2) is 0 Å². The summed E-state index contributed by atoms with van der Waals surface area (Å²) in [6.07, 6.45) is 11.2. The summed E-state index contributed by atoms with van der Waals surface area (Å²) in [5, 5.41) is 18.6. The summed E-state index contributed by atoms with van der Waals surface area (Å²) >= 11 is 0. The Balaban J connectivity index is 3.91. The van der Waals surface area contributed by atoms with Crippen molar-refractivity contribution in [3.63, 3.8) is 0 Å². The van der Waals surface area contributed by atoms with E-state index >= 15 is 0 Å². The molecule has 25 heavy (non-hydrogen) atoms. The first-order valence-electron chi connectivity index (χ1n) is 10.1. The van der Waals surface area contributed by atoms with Crippen LogP contribution in [0.2, 0.25) is 0 Å². The van der Waals surface area contributed by atoms with Crippen molar-refractivity contribution in [2.24, 2.45) is 0 Å². The Bertz CT molecular complexity index is 343. The van der Waals surface area contributed by atoms with Crippen molar-refractivity contribution >= 4 is 11.9 Å². The number of carbonyl (C=O) groups excluding carboxylic acids is 1. The third-order valence-electron chi connectivity index (χ3n) is 4.35. The van der Waals surface area contributed by atoms with Crippen molar-refractivity contribution in [3.8, 4) is 0 Å². The fraction of sp³-hybridized carbons (Fsp3) is 0.900. The van der Waals surface area contributed by atoms with Gasteiger partial charge in [-0.05, 0) is 19.3 Å². The van der Waals surface area contributed by atoms with Gasteiger partial charge in [-0.1, -0.05) is 71.6 Å². The molecular weight excluding hydrogens is 320 g/mol. The molecule has 0 aromatic heterocycles. The predicted molar refractivity (Wildman–Crippen MR) is 99.5 cm³/mol. The van der Waals surface area contributed by atoms with Crippen molar-refractivity contribution in [2.75, 3.05) is 0 Å². The molecule has 0 radical (unpaired) electrons. The predicted octanol–water partition coefficient (Wildman–Crippen LogP) is 4.84. The molecule has 0 heterocycles. The normalized spacial score (nSPS) is 13.4. The highest BCUT2D eigenvalue weighted by Crippen LogP contribution is 2.15. The highest BCUT2D eigenvalue weighted by atomic mass is 16.5. The van der Waals surface area contributed by atoms with Crippen LogP contribution in [0.3, 0.4) is 0 Å². The number of esters is 1. The van der Waals surface area contributed by atoms with Crippen LogP contribution in [-0.4, -0.2) is 34.4 Å². The molecule has 0 rings (SSSR count). The van der Waals surface area contributed by atoms with Crippen LogP contribution in [-0.2, 0) is 14.3 Å². The SMILES string of the molecule is CCCCCCCCCCCC(CC(=O)O)OC(=O)CC(O)CCC. The smallest absolute Gasteiger partial charge is 0.308 e. The van der Waals surface area contributed by atoms with Crippen molar-refractivity contribution in [3.05, 3.63) is 0 Å². The number of hydrogen-bond donors (Lipinski definition) is 2. The van der Waals surface area contributed by atoms with Gasteiger partial charge >= 0.3 is 11.9 Å². The molecule has 0 amide bonds. The molecule has 0 fully saturated rings. The number of ether oxygens (including phenoxy) is 1. The molecular formula is C20H38O5. The van der Waals surface area contributed by atoms with E-state index in [0.29, 0.717) is 12.8 Å². The minimum absolute atomic E-state index is 0.0539. The van der Waals surface area contributed by atoms with Crippen molar-refractivity contribution in [2.45, 2.75) is 116 Å². The molecule has 0 aliphatic heterocycles. The van der Waals surface area contributed by atoms with Crippen LogP contribution in [0.1, 0.15) is 104 Å². The molecule has 0 bridgehead atoms. The molecule has 2 N–H and O–H groups in total. The molecule has 0 spiro atoms. The summed E-state index contributed by atoms with van der Waals surface area (Å²) in [7, 11) is 0. The highest BCUT2D eigenvalue weighted by molar-refractivity contribution is 5.71. The first-order valence-corrected chi connectivity index (χ1v) is 10.1. The van der Waals surface area contributed by atoms with E-state index in [9.17, 15) is 14.7 Å². The van der Waals surface area contributed by atoms with Crippen LogP contribution < -0.4 is 0 Å². The summed E-state index contributed by atoms with van der Waals surface area (Å²) in [5.74, 6) is -1.45. The van der Waals surface area contributed by atoms with Gasteiger partial charge in [-0.3, -0.25) is 9.59 Å². The zero-order chi connectivity index (χ0) is 18.9. The number of carboxylic acids is 1. The Labute approximate surface area is 153 Å². The zero-order valence-electron chi connectivity index (χ0n) is 16.2. The lowest BCUT2D eigenvalue weighted by atomic mass is 10.0. The fourth-order valence-corrected chi connectivity index (χ4v) is 2.94. The summed E-state index contributed by atoms with van der Waals surface area (Å²) in [6.45, 7) is 4.15. The Morgan fingerprint density at radius 3 is 1.88 bits per heavy atom. The molecule has 2 unspecified atom stereocenters. The first-order chi connectivity index (χ1) is 12.0. The number of aliphatic carboxylic acids is 1. The molecule has 0 aromatic carbocycles. The number of aliphatic hydroxyl groups is 1. The van der Waals surface area contributed by atoms with Crippen LogP contribution in [0.4, 0.5) is 0 Å². The van der Waals surface area contributed by atoms with E-state index in [1.165, 1.54) is 38.5 Å². The van der Waals surface area contributed by atoms with Crippen molar-refractivity contribution < 1.29 is 24.5 Å². The van der Waals surface area contributed by atoms with E-state index in [4.69, 9.17) is 9.84 Å². The van der Waals surface area contributed by atoms with Gasteiger partial charge in [0.2, 0.25) is 0 Å². The number of unbranched alkanes of at least 4 members (excludes halogenated alkanes) is 8. The second kappa shape index (κ2) is 16.4. The van der Waals surface area contributed by atoms with Gasteiger partial charge in [-0.15, -0.1) is 0 Å². The maximum Gasteiger partial charge on any atom is 0.308 e. The van der Waals surface area contributed by atoms with Gasteiger partial charge in [0, 0.05) is 0 Å². The topological polar surface area (TPSA) is 83.8 Å². The summed E-state index contributed by atoms with van der Waals surface area (Å²) < 4.78 is 5.27. The molecule has 5 heteroatoms. The molecule has 0 saturated carbocycles. The molecule has 0 saturated heterocycles. The van der Waals surface area contributed by atoms with E-state index in [1.807, 2.05) is 6.92 Å². The number of carboxylic acid groups (broad SMARTS) is 1. The van der Waals surface area contributed by atoms with E-state index in [2.05, 4.69) is 6.92 Å². The Hall–Kier alpha value is -1.10. The second-order valence-corrected chi connectivity index (χ2v) is 6.97. The largest absolute Gasteiger partial charge is 0.481 e. The van der Waals surface area contributed by atoms with Gasteiger partial charge in [0.25, 0.3) is 0 Å². The van der Waals surface area contributed by atoms with Gasteiger partial charge in [0.1, 0.15) is 6.10 Å². The summed E-state index contributed by atoms with van der Waals surface area (Å²) in [6, 6.07) is 0. The number of rotatable bonds is 17. The fourth-order valence-electron chi connectivity index (χ4n) is 2.94. The third-order valence-corrected chi connectivity index (χ3v) is 4.35. The maximum atomic E-state index is 11.8. The van der Waals surface area contributed by atoms with Crippen molar-refractivity contribution in [1.29, 1.82) is 0 Å². The number of hydrogen-bond acceptors (Lipinski definition) is 4. The standard InChI is InChI=1S/C20H38O5/c1-3-5-6-7-8-9-10-11-12-14-18(16-19(22)23)25-20(24)15-17(21)13-4-2/h17-18,21H,3-16H2,1-2H3,(H,22,23). The lowest BCUT2D eigenvalue weighted by Gasteiger charge is -2.17. The molecule has 2 atom stereocenters. The van der Waals surface area contributed by atoms with Gasteiger partial charge in [0.05, 0.1) is 18.9 Å². The zero-order valence-corrected chi connectivity index (χ0v) is 16.2. The second-order valence-electron chi connectivity index (χ2n) is 6.97. The monoisotopic (exact) mass is 358 g/mol. The Morgan fingerprint density at radius 2 is 1.36 bits per heavy atom. The van der Waals surface area contributed by atoms with E-state index < -0.39 is 24.1 Å². The summed E-state index contributed by atoms with van der Waals surface area (Å²) in [5.41, 5.74) is 0. The van der Waals surface area contributed by atoms with Crippen LogP contribution in [0, 0.1) is 0 Å². The third kappa shape index (κ3) is 16.1. The highest BCUT2D eigenvalue weighted by Gasteiger charge is 2.19. The van der Waals surface area contributed by atoms with Gasteiger partial charge in [-0.2, -0.15) is 0 Å². The molecule has 0 aliphatic rings. The summed E-state index contributed by atoms with van der Waals surface area (Å²) in [4.78, 5) is 22.7. The van der Waals surface area contributed by atoms with Crippen LogP contribution >= 0.6 is 0 Å². The lowest BCUT2D eigenvalue weighted by Crippen LogP contribution is -2.24. The molecule has 5 nitrogen and oxygen atoms in total. The van der Waals surface area contributed by atoms with Gasteiger partial charge in [0.15, 0.2) is 0 Å². The minimum atomic E-state index is -0.956. The molecule has 0 aliphatic carbocycles. The van der Waals surface area contributed by atoms with E-state index in [1.54, 1.807) is 0 Å². The lowest BCUT2D eigenvalue weighted by molar-refractivity contribution is -0.155. The van der Waals surface area contributed by atoms with Crippen molar-refractivity contribution in [1.82, 2.24) is 0 Å². The average Bonchev–Trinajstić information content (AvgIpc) is 2.52. The quantitative estimate of drug-likeness (QED) is 0.287.